The summed E-state index contributed by atoms with van der Waals surface area (Å²) in [6, 6.07) is 29.3. The van der Waals surface area contributed by atoms with E-state index in [1.165, 1.54) is 44.9 Å². The van der Waals surface area contributed by atoms with Gasteiger partial charge in [-0.3, -0.25) is 0 Å². The Bertz CT molecular complexity index is 680. The van der Waals surface area contributed by atoms with E-state index in [-0.39, 0.29) is 24.8 Å². The van der Waals surface area contributed by atoms with Gasteiger partial charge in [-0.1, -0.05) is 26.0 Å². The SMILES string of the molecule is Cl.Cl.[CH2-]CC.[CH2-]CC.[Si]=[Zr].c1ccc2[cH-]ccc2c1.c1ccc2[cH-]ccc2c1. The maximum atomic E-state index is 3.49. The molecule has 0 aliphatic heterocycles. The van der Waals surface area contributed by atoms with Crippen LogP contribution in [0.5, 0.6) is 0 Å². The summed E-state index contributed by atoms with van der Waals surface area (Å²) >= 11 is 1.36. The van der Waals surface area contributed by atoms with Crippen molar-refractivity contribution in [1.82, 2.24) is 0 Å². The number of halogens is 2. The van der Waals surface area contributed by atoms with Crippen LogP contribution in [0.4, 0.5) is 0 Å². The van der Waals surface area contributed by atoms with Gasteiger partial charge >= 0.3 is 30.2 Å². The summed E-state index contributed by atoms with van der Waals surface area (Å²) in [7, 11) is 0. The van der Waals surface area contributed by atoms with E-state index in [2.05, 4.69) is 106 Å². The van der Waals surface area contributed by atoms with Crippen molar-refractivity contribution in [3.63, 3.8) is 0 Å². The molecule has 0 unspecified atom stereocenters. The fraction of sp³-hybridized carbons (Fsp3) is 0.167. The van der Waals surface area contributed by atoms with Gasteiger partial charge in [0, 0.05) is 0 Å². The van der Waals surface area contributed by atoms with Crippen molar-refractivity contribution in [1.29, 1.82) is 0 Å². The number of rotatable bonds is 0. The van der Waals surface area contributed by atoms with Gasteiger partial charge in [0.05, 0.1) is 0 Å². The molecule has 4 rings (SSSR count). The van der Waals surface area contributed by atoms with Gasteiger partial charge in [0.1, 0.15) is 0 Å². The largest absolute Gasteiger partial charge is 0.168 e. The zero-order valence-corrected chi connectivity index (χ0v) is 21.8. The average Bonchev–Trinajstić information content (AvgIpc) is 3.34. The van der Waals surface area contributed by atoms with Crippen molar-refractivity contribution < 1.29 is 23.3 Å². The number of fused-ring (bicyclic) bond motifs is 2. The van der Waals surface area contributed by atoms with Crippen molar-refractivity contribution in [3.05, 3.63) is 98.8 Å². The minimum absolute atomic E-state index is 0. The molecule has 2 radical (unpaired) electrons. The molecule has 0 bridgehead atoms. The van der Waals surface area contributed by atoms with Crippen molar-refractivity contribution in [2.45, 2.75) is 26.7 Å². The Balaban J connectivity index is -0.000000313. The maximum Gasteiger partial charge on any atom is -0.0809 e. The zero-order valence-electron chi connectivity index (χ0n) is 16.7. The van der Waals surface area contributed by atoms with Crippen LogP contribution in [0.2, 0.25) is 0 Å². The number of benzene rings is 2. The van der Waals surface area contributed by atoms with E-state index < -0.39 is 0 Å². The van der Waals surface area contributed by atoms with Crippen LogP contribution in [0.15, 0.2) is 84.9 Å². The second kappa shape index (κ2) is 22.6. The first-order valence-electron chi connectivity index (χ1n) is 8.81. The third-order valence-electron chi connectivity index (χ3n) is 3.10. The van der Waals surface area contributed by atoms with Crippen molar-refractivity contribution in [2.24, 2.45) is 0 Å². The Labute approximate surface area is 200 Å². The van der Waals surface area contributed by atoms with Crippen LogP contribution in [0, 0.1) is 13.8 Å². The second-order valence-corrected chi connectivity index (χ2v) is 5.31. The molecule has 0 nitrogen and oxygen atoms in total. The molecule has 152 valence electrons. The Morgan fingerprint density at radius 3 is 1.25 bits per heavy atom. The molecule has 0 N–H and O–H groups in total. The molecule has 4 aromatic rings. The molecule has 0 aromatic heterocycles. The van der Waals surface area contributed by atoms with Gasteiger partial charge in [0.15, 0.2) is 0 Å². The van der Waals surface area contributed by atoms with Gasteiger partial charge in [0.25, 0.3) is 0 Å². The van der Waals surface area contributed by atoms with Gasteiger partial charge in [-0.15, -0.1) is 84.1 Å². The zero-order chi connectivity index (χ0) is 19.6. The predicted octanol–water partition coefficient (Wildman–Crippen LogP) is 8.04. The fourth-order valence-corrected chi connectivity index (χ4v) is 2.14. The smallest absolute Gasteiger partial charge is 0.0809 e. The van der Waals surface area contributed by atoms with Crippen LogP contribution >= 0.6 is 24.8 Å². The third kappa shape index (κ3) is 13.5. The number of hydrogen-bond donors (Lipinski definition) is 0. The van der Waals surface area contributed by atoms with Crippen LogP contribution in [0.3, 0.4) is 0 Å². The van der Waals surface area contributed by atoms with Crippen LogP contribution < -0.4 is 0 Å². The fourth-order valence-electron chi connectivity index (χ4n) is 2.14. The molecule has 4 heteroatoms. The molecular formula is C24H30Cl2SiZr-4. The van der Waals surface area contributed by atoms with E-state index in [0.717, 1.165) is 12.8 Å². The summed E-state index contributed by atoms with van der Waals surface area (Å²) in [5, 5.41) is 5.32. The topological polar surface area (TPSA) is 0 Å². The Morgan fingerprint density at radius 1 is 0.679 bits per heavy atom. The molecule has 0 saturated heterocycles. The summed E-state index contributed by atoms with van der Waals surface area (Å²) in [5.74, 6) is 0. The molecule has 0 spiro atoms. The first kappa shape index (κ1) is 32.0. The summed E-state index contributed by atoms with van der Waals surface area (Å²) in [6.07, 6.45) is 2.00. The van der Waals surface area contributed by atoms with Gasteiger partial charge in [-0.2, -0.15) is 47.9 Å². The maximum absolute atomic E-state index is 3.49. The minimum atomic E-state index is 0. The standard InChI is InChI=1S/2C9H7.2C3H7.2ClH.Si.Zr/c2*1-2-5-9-7-3-6-8(9)4-1;2*1-3-2;;;;/h2*1-7H;2*1,3H2,2H3;2*1H;;/q4*-1;;;;. The predicted molar refractivity (Wildman–Crippen MR) is 131 cm³/mol. The number of hydrogen-bond acceptors (Lipinski definition) is 0. The average molecular weight is 509 g/mol. The molecular weight excluding hydrogens is 478 g/mol. The van der Waals surface area contributed by atoms with E-state index in [0.29, 0.717) is 0 Å². The molecule has 0 amide bonds. The van der Waals surface area contributed by atoms with Gasteiger partial charge < -0.3 is 13.8 Å². The van der Waals surface area contributed by atoms with Crippen LogP contribution in [-0.4, -0.2) is 6.88 Å². The first-order chi connectivity index (χ1) is 12.8. The Hall–Kier alpha value is -0.660. The summed E-state index contributed by atoms with van der Waals surface area (Å²) < 4.78 is 0. The van der Waals surface area contributed by atoms with Crippen LogP contribution in [0.1, 0.15) is 26.7 Å². The van der Waals surface area contributed by atoms with Gasteiger partial charge in [0.2, 0.25) is 0 Å². The molecule has 0 heterocycles. The third-order valence-corrected chi connectivity index (χ3v) is 3.10. The van der Waals surface area contributed by atoms with E-state index in [1.807, 2.05) is 13.8 Å². The van der Waals surface area contributed by atoms with Crippen molar-refractivity contribution in [3.8, 4) is 0 Å². The molecule has 4 aromatic carbocycles. The van der Waals surface area contributed by atoms with Gasteiger partial charge in [-0.25, -0.2) is 0 Å². The normalized spacial score (nSPS) is 7.96. The van der Waals surface area contributed by atoms with Crippen LogP contribution in [0.25, 0.3) is 21.5 Å². The van der Waals surface area contributed by atoms with E-state index in [4.69, 9.17) is 0 Å². The molecule has 28 heavy (non-hydrogen) atoms. The summed E-state index contributed by atoms with van der Waals surface area (Å²) in [4.78, 5) is 0. The molecule has 0 aliphatic carbocycles. The van der Waals surface area contributed by atoms with Crippen LogP contribution in [-0.2, 0) is 23.3 Å². The van der Waals surface area contributed by atoms with E-state index in [1.54, 1.807) is 0 Å². The Kier molecular flexibility index (Phi) is 25.9. The second-order valence-electron chi connectivity index (χ2n) is 5.31. The molecule has 0 fully saturated rings. The molecule has 0 saturated carbocycles. The minimum Gasteiger partial charge on any atom is -0.168 e. The van der Waals surface area contributed by atoms with Gasteiger partial charge in [-0.05, 0) is 0 Å². The molecule has 0 atom stereocenters. The van der Waals surface area contributed by atoms with E-state index >= 15 is 0 Å². The first-order valence-corrected chi connectivity index (χ1v) is 13.0. The summed E-state index contributed by atoms with van der Waals surface area (Å²) in [5.41, 5.74) is 0. The molecule has 0 aliphatic rings. The quantitative estimate of drug-likeness (QED) is 0.167. The van der Waals surface area contributed by atoms with Crippen molar-refractivity contribution >= 4 is 53.2 Å². The van der Waals surface area contributed by atoms with Crippen molar-refractivity contribution in [2.75, 3.05) is 0 Å². The Morgan fingerprint density at radius 2 is 0.964 bits per heavy atom. The van der Waals surface area contributed by atoms with E-state index in [9.17, 15) is 0 Å². The summed E-state index contributed by atoms with van der Waals surface area (Å²) in [6.45, 7) is 14.1. The monoisotopic (exact) mass is 506 g/mol.